The Balaban J connectivity index is 2.10. The van der Waals surface area contributed by atoms with Crippen LogP contribution in [0.4, 0.5) is 5.88 Å². The van der Waals surface area contributed by atoms with E-state index >= 15 is 0 Å². The number of nitrogens with zero attached hydrogens (tertiary/aromatic N) is 3. The fourth-order valence-corrected chi connectivity index (χ4v) is 2.39. The van der Waals surface area contributed by atoms with E-state index < -0.39 is 16.7 Å². The number of hydrogen-bond donors (Lipinski definition) is 1. The second-order valence-corrected chi connectivity index (χ2v) is 5.13. The number of carbonyl (C=O) groups is 1. The highest BCUT2D eigenvalue weighted by Gasteiger charge is 2.22. The van der Waals surface area contributed by atoms with Crippen molar-refractivity contribution < 1.29 is 23.6 Å². The van der Waals surface area contributed by atoms with Crippen LogP contribution in [-0.4, -0.2) is 34.8 Å². The molecule has 1 aromatic carbocycles. The number of rotatable bonds is 6. The third-order valence-electron chi connectivity index (χ3n) is 3.62. The summed E-state index contributed by atoms with van der Waals surface area (Å²) in [4.78, 5) is 21.9. The van der Waals surface area contributed by atoms with Crippen LogP contribution in [0.15, 0.2) is 40.9 Å². The third-order valence-corrected chi connectivity index (χ3v) is 3.62. The summed E-state index contributed by atoms with van der Waals surface area (Å²) >= 11 is 0. The number of ether oxygens (including phenoxy) is 2. The first-order valence-electron chi connectivity index (χ1n) is 7.31. The summed E-state index contributed by atoms with van der Waals surface area (Å²) in [6.45, 7) is 0. The number of benzene rings is 1. The van der Waals surface area contributed by atoms with Gasteiger partial charge in [0.2, 0.25) is 0 Å². The van der Waals surface area contributed by atoms with E-state index in [1.54, 1.807) is 18.2 Å². The van der Waals surface area contributed by atoms with Crippen molar-refractivity contribution >= 4 is 11.8 Å². The molecule has 3 aromatic rings. The lowest BCUT2D eigenvalue weighted by Crippen LogP contribution is -2.11. The summed E-state index contributed by atoms with van der Waals surface area (Å²) in [6, 6.07) is 7.57. The largest absolute Gasteiger partial charge is 0.493 e. The molecule has 0 aliphatic rings. The molecule has 0 unspecified atom stereocenters. The Hall–Kier alpha value is -3.82. The van der Waals surface area contributed by atoms with E-state index in [0.717, 1.165) is 0 Å². The minimum absolute atomic E-state index is 0.0593. The second-order valence-electron chi connectivity index (χ2n) is 5.13. The smallest absolute Gasteiger partial charge is 0.433 e. The maximum atomic E-state index is 11.8. The Morgan fingerprint density at radius 2 is 1.96 bits per heavy atom. The molecule has 10 heteroatoms. The predicted octanol–water partition coefficient (Wildman–Crippen LogP) is 2.16. The Bertz CT molecular complexity index is 991. The maximum absolute atomic E-state index is 11.8. The van der Waals surface area contributed by atoms with Gasteiger partial charge in [0.1, 0.15) is 10.6 Å². The molecule has 3 rings (SSSR count). The van der Waals surface area contributed by atoms with Crippen LogP contribution in [0.3, 0.4) is 0 Å². The van der Waals surface area contributed by atoms with Crippen molar-refractivity contribution in [3.05, 3.63) is 52.2 Å². The molecule has 0 saturated carbocycles. The van der Waals surface area contributed by atoms with Gasteiger partial charge in [0.25, 0.3) is 5.91 Å². The van der Waals surface area contributed by atoms with Gasteiger partial charge in [-0.05, 0) is 18.2 Å². The van der Waals surface area contributed by atoms with Crippen LogP contribution in [0.2, 0.25) is 0 Å². The highest BCUT2D eigenvalue weighted by atomic mass is 16.6. The zero-order valence-electron chi connectivity index (χ0n) is 13.8. The number of nitro groups is 1. The summed E-state index contributed by atoms with van der Waals surface area (Å²) in [5.41, 5.74) is 6.12. The van der Waals surface area contributed by atoms with Crippen LogP contribution in [0.5, 0.6) is 11.5 Å². The van der Waals surface area contributed by atoms with Crippen molar-refractivity contribution in [3.8, 4) is 28.6 Å². The van der Waals surface area contributed by atoms with Crippen molar-refractivity contribution in [2.24, 2.45) is 5.73 Å². The van der Waals surface area contributed by atoms with Gasteiger partial charge in [-0.2, -0.15) is 5.10 Å². The molecule has 2 aromatic heterocycles. The Labute approximate surface area is 146 Å². The minimum Gasteiger partial charge on any atom is -0.493 e. The molecule has 0 spiro atoms. The molecule has 0 fully saturated rings. The Morgan fingerprint density at radius 3 is 2.54 bits per heavy atom. The monoisotopic (exact) mass is 358 g/mol. The molecule has 0 radical (unpaired) electrons. The molecule has 2 N–H and O–H groups in total. The van der Waals surface area contributed by atoms with Gasteiger partial charge in [0.05, 0.1) is 31.5 Å². The number of methoxy groups -OCH3 is 2. The average Bonchev–Trinajstić information content (AvgIpc) is 3.28. The standard InChI is InChI=1S/C16H14N4O6/c1-24-11-4-3-9(7-13(11)25-2)19-8-10(16(17)21)15(18-19)12-5-6-14(26-12)20(22)23/h3-8H,1-2H3,(H2,17,21). The maximum Gasteiger partial charge on any atom is 0.433 e. The topological polar surface area (TPSA) is 136 Å². The first-order chi connectivity index (χ1) is 12.4. The van der Waals surface area contributed by atoms with Crippen LogP contribution in [-0.2, 0) is 0 Å². The third kappa shape index (κ3) is 2.95. The number of carbonyl (C=O) groups excluding carboxylic acids is 1. The number of amides is 1. The van der Waals surface area contributed by atoms with E-state index in [1.165, 1.54) is 37.2 Å². The Kier molecular flexibility index (Phi) is 4.31. The van der Waals surface area contributed by atoms with E-state index in [-0.39, 0.29) is 17.0 Å². The number of hydrogen-bond acceptors (Lipinski definition) is 7. The summed E-state index contributed by atoms with van der Waals surface area (Å²) in [7, 11) is 3.01. The second kappa shape index (κ2) is 6.59. The molecule has 0 saturated heterocycles. The molecule has 2 heterocycles. The van der Waals surface area contributed by atoms with Gasteiger partial charge >= 0.3 is 5.88 Å². The molecule has 0 aliphatic carbocycles. The van der Waals surface area contributed by atoms with Crippen molar-refractivity contribution in [1.29, 1.82) is 0 Å². The highest BCUT2D eigenvalue weighted by Crippen LogP contribution is 2.31. The molecule has 0 aliphatic heterocycles. The van der Waals surface area contributed by atoms with Gasteiger partial charge < -0.3 is 19.6 Å². The van der Waals surface area contributed by atoms with Crippen molar-refractivity contribution in [3.63, 3.8) is 0 Å². The van der Waals surface area contributed by atoms with Crippen molar-refractivity contribution in [1.82, 2.24) is 9.78 Å². The van der Waals surface area contributed by atoms with Gasteiger partial charge in [-0.1, -0.05) is 0 Å². The normalized spacial score (nSPS) is 10.5. The van der Waals surface area contributed by atoms with E-state index in [1.807, 2.05) is 0 Å². The van der Waals surface area contributed by atoms with Gasteiger partial charge in [0.15, 0.2) is 17.3 Å². The van der Waals surface area contributed by atoms with Crippen LogP contribution < -0.4 is 15.2 Å². The predicted molar refractivity (Wildman–Crippen MR) is 89.5 cm³/mol. The molecular formula is C16H14N4O6. The lowest BCUT2D eigenvalue weighted by atomic mass is 10.2. The number of furan rings is 1. The number of aromatic nitrogens is 2. The fraction of sp³-hybridized carbons (Fsp3) is 0.125. The first-order valence-corrected chi connectivity index (χ1v) is 7.31. The highest BCUT2D eigenvalue weighted by molar-refractivity contribution is 5.98. The average molecular weight is 358 g/mol. The van der Waals surface area contributed by atoms with Gasteiger partial charge in [-0.15, -0.1) is 0 Å². The first kappa shape index (κ1) is 17.0. The van der Waals surface area contributed by atoms with Gasteiger partial charge in [-0.25, -0.2) is 4.68 Å². The quantitative estimate of drug-likeness (QED) is 0.526. The van der Waals surface area contributed by atoms with Crippen molar-refractivity contribution in [2.45, 2.75) is 0 Å². The lowest BCUT2D eigenvalue weighted by molar-refractivity contribution is -0.401. The molecule has 0 atom stereocenters. The molecule has 1 amide bonds. The van der Waals surface area contributed by atoms with Crippen LogP contribution in [0.1, 0.15) is 10.4 Å². The van der Waals surface area contributed by atoms with Crippen molar-refractivity contribution in [2.75, 3.05) is 14.2 Å². The van der Waals surface area contributed by atoms with Crippen LogP contribution in [0, 0.1) is 10.1 Å². The van der Waals surface area contributed by atoms with Crippen LogP contribution >= 0.6 is 0 Å². The van der Waals surface area contributed by atoms with E-state index in [0.29, 0.717) is 17.2 Å². The fourth-order valence-electron chi connectivity index (χ4n) is 2.39. The van der Waals surface area contributed by atoms with Crippen LogP contribution in [0.25, 0.3) is 17.1 Å². The summed E-state index contributed by atoms with van der Waals surface area (Å²) in [5.74, 6) is -0.150. The number of nitrogens with two attached hydrogens (primary N) is 1. The SMILES string of the molecule is COc1ccc(-n2cc(C(N)=O)c(-c3ccc([N+](=O)[O-])o3)n2)cc1OC. The zero-order valence-corrected chi connectivity index (χ0v) is 13.8. The zero-order chi connectivity index (χ0) is 18.8. The summed E-state index contributed by atoms with van der Waals surface area (Å²) in [5, 5.41) is 15.1. The van der Waals surface area contributed by atoms with Gasteiger partial charge in [0, 0.05) is 12.3 Å². The molecule has 26 heavy (non-hydrogen) atoms. The van der Waals surface area contributed by atoms with E-state index in [9.17, 15) is 14.9 Å². The minimum atomic E-state index is -0.745. The Morgan fingerprint density at radius 1 is 1.23 bits per heavy atom. The van der Waals surface area contributed by atoms with Gasteiger partial charge in [-0.3, -0.25) is 14.9 Å². The summed E-state index contributed by atoms with van der Waals surface area (Å²) in [6.07, 6.45) is 1.41. The van der Waals surface area contributed by atoms with E-state index in [2.05, 4.69) is 5.10 Å². The summed E-state index contributed by atoms with van der Waals surface area (Å²) < 4.78 is 16.9. The lowest BCUT2D eigenvalue weighted by Gasteiger charge is -2.09. The van der Waals surface area contributed by atoms with E-state index in [4.69, 9.17) is 19.6 Å². The molecular weight excluding hydrogens is 344 g/mol. The number of primary amides is 1. The molecule has 10 nitrogen and oxygen atoms in total. The molecule has 134 valence electrons. The molecule has 0 bridgehead atoms.